The van der Waals surface area contributed by atoms with Gasteiger partial charge in [0.15, 0.2) is 5.13 Å². The van der Waals surface area contributed by atoms with E-state index in [4.69, 9.17) is 4.74 Å². The van der Waals surface area contributed by atoms with E-state index in [1.165, 1.54) is 25.3 Å². The van der Waals surface area contributed by atoms with Crippen molar-refractivity contribution in [3.05, 3.63) is 39.9 Å². The smallest absolute Gasteiger partial charge is 0.350 e. The molecule has 160 valence electrons. The van der Waals surface area contributed by atoms with E-state index in [9.17, 15) is 24.3 Å². The van der Waals surface area contributed by atoms with Gasteiger partial charge in [0.05, 0.1) is 25.0 Å². The second-order valence-electron chi connectivity index (χ2n) is 5.97. The van der Waals surface area contributed by atoms with Gasteiger partial charge < -0.3 is 25.2 Å². The lowest BCUT2D eigenvalue weighted by atomic mass is 10.1. The first-order valence-electron chi connectivity index (χ1n) is 8.90. The zero-order valence-corrected chi connectivity index (χ0v) is 17.4. The number of phenols is 1. The number of carbonyl (C=O) groups excluding carboxylic acids is 4. The number of ether oxygens (including phenoxy) is 2. The van der Waals surface area contributed by atoms with Crippen LogP contribution in [0.25, 0.3) is 0 Å². The van der Waals surface area contributed by atoms with E-state index in [1.54, 1.807) is 13.8 Å². The normalized spacial score (nSPS) is 10.2. The van der Waals surface area contributed by atoms with Crippen LogP contribution in [0.3, 0.4) is 0 Å². The fraction of sp³-hybridized carbons (Fsp3) is 0.316. The van der Waals surface area contributed by atoms with Gasteiger partial charge in [-0.15, -0.1) is 0 Å². The minimum Gasteiger partial charge on any atom is -0.508 e. The van der Waals surface area contributed by atoms with Gasteiger partial charge in [-0.3, -0.25) is 9.59 Å². The first-order valence-corrected chi connectivity index (χ1v) is 9.71. The second kappa shape index (κ2) is 10.3. The van der Waals surface area contributed by atoms with Crippen molar-refractivity contribution >= 4 is 40.2 Å². The molecular formula is C19H21N3O7S. The highest BCUT2D eigenvalue weighted by Gasteiger charge is 2.18. The number of esters is 2. The summed E-state index contributed by atoms with van der Waals surface area (Å²) < 4.78 is 9.49. The molecule has 0 bridgehead atoms. The Kier molecular flexibility index (Phi) is 7.87. The van der Waals surface area contributed by atoms with Crippen LogP contribution in [0, 0.1) is 6.92 Å². The first-order chi connectivity index (χ1) is 14.2. The number of nitrogens with one attached hydrogen (secondary N) is 2. The Labute approximate surface area is 176 Å². The van der Waals surface area contributed by atoms with Crippen LogP contribution in [-0.2, 0) is 14.3 Å². The summed E-state index contributed by atoms with van der Waals surface area (Å²) in [6.45, 7) is 3.57. The van der Waals surface area contributed by atoms with Crippen LogP contribution in [0.1, 0.15) is 49.4 Å². The highest BCUT2D eigenvalue weighted by molar-refractivity contribution is 7.17. The molecule has 0 aliphatic heterocycles. The van der Waals surface area contributed by atoms with Crippen LogP contribution in [0.4, 0.5) is 5.13 Å². The molecule has 0 aliphatic carbocycles. The summed E-state index contributed by atoms with van der Waals surface area (Å²) in [6.07, 6.45) is -0.0538. The number of aryl methyl sites for hydroxylation is 1. The molecule has 30 heavy (non-hydrogen) atoms. The Morgan fingerprint density at radius 1 is 1.13 bits per heavy atom. The Bertz CT molecular complexity index is 971. The van der Waals surface area contributed by atoms with E-state index in [-0.39, 0.29) is 41.6 Å². The Hall–Kier alpha value is -3.47. The van der Waals surface area contributed by atoms with Crippen molar-refractivity contribution in [3.8, 4) is 5.75 Å². The van der Waals surface area contributed by atoms with Crippen molar-refractivity contribution in [1.29, 1.82) is 0 Å². The molecule has 0 fully saturated rings. The van der Waals surface area contributed by atoms with Gasteiger partial charge in [-0.1, -0.05) is 11.3 Å². The fourth-order valence-electron chi connectivity index (χ4n) is 2.39. The summed E-state index contributed by atoms with van der Waals surface area (Å²) in [7, 11) is 1.18. The van der Waals surface area contributed by atoms with Gasteiger partial charge in [0, 0.05) is 18.5 Å². The monoisotopic (exact) mass is 435 g/mol. The minimum atomic E-state index is -0.694. The summed E-state index contributed by atoms with van der Waals surface area (Å²) in [6, 6.07) is 3.64. The zero-order chi connectivity index (χ0) is 22.3. The van der Waals surface area contributed by atoms with Gasteiger partial charge in [-0.25, -0.2) is 14.6 Å². The molecule has 0 aliphatic rings. The first kappa shape index (κ1) is 22.8. The maximum absolute atomic E-state index is 12.2. The molecule has 0 saturated carbocycles. The summed E-state index contributed by atoms with van der Waals surface area (Å²) >= 11 is 1.00. The van der Waals surface area contributed by atoms with Crippen molar-refractivity contribution in [1.82, 2.24) is 10.3 Å². The molecule has 0 saturated heterocycles. The molecule has 2 aromatic rings. The van der Waals surface area contributed by atoms with Crippen molar-refractivity contribution in [2.24, 2.45) is 0 Å². The van der Waals surface area contributed by atoms with E-state index in [1.807, 2.05) is 0 Å². The SMILES string of the molecule is CCOC(=O)c1sc(NC(=O)CCNC(=O)c2cc(O)cc(C(=O)OC)c2)nc1C. The number of nitrogens with zero attached hydrogens (tertiary/aromatic N) is 1. The predicted octanol–water partition coefficient (Wildman–Crippen LogP) is 1.88. The maximum Gasteiger partial charge on any atom is 0.350 e. The van der Waals surface area contributed by atoms with Crippen LogP contribution in [0.15, 0.2) is 18.2 Å². The van der Waals surface area contributed by atoms with Crippen LogP contribution in [0.2, 0.25) is 0 Å². The zero-order valence-electron chi connectivity index (χ0n) is 16.6. The number of hydrogen-bond donors (Lipinski definition) is 3. The third-order valence-corrected chi connectivity index (χ3v) is 4.80. The third kappa shape index (κ3) is 6.01. The molecule has 1 aromatic carbocycles. The quantitative estimate of drug-likeness (QED) is 0.533. The molecular weight excluding hydrogens is 414 g/mol. The number of hydrogen-bond acceptors (Lipinski definition) is 9. The van der Waals surface area contributed by atoms with E-state index in [0.717, 1.165) is 11.3 Å². The van der Waals surface area contributed by atoms with Gasteiger partial charge >= 0.3 is 11.9 Å². The standard InChI is InChI=1S/C19H21N3O7S/c1-4-29-18(27)15-10(2)21-19(30-15)22-14(24)5-6-20-16(25)11-7-12(17(26)28-3)9-13(23)8-11/h7-9,23H,4-6H2,1-3H3,(H,20,25)(H,21,22,24). The number of thiazole rings is 1. The third-order valence-electron chi connectivity index (χ3n) is 3.74. The van der Waals surface area contributed by atoms with Crippen LogP contribution < -0.4 is 10.6 Å². The summed E-state index contributed by atoms with van der Waals surface area (Å²) in [5, 5.41) is 15.0. The van der Waals surface area contributed by atoms with Gasteiger partial charge in [0.1, 0.15) is 10.6 Å². The number of methoxy groups -OCH3 is 1. The van der Waals surface area contributed by atoms with Gasteiger partial charge in [0.25, 0.3) is 5.91 Å². The van der Waals surface area contributed by atoms with Gasteiger partial charge in [-0.05, 0) is 32.0 Å². The number of amides is 2. The molecule has 0 spiro atoms. The summed E-state index contributed by atoms with van der Waals surface area (Å²) in [5.41, 5.74) is 0.523. The van der Waals surface area contributed by atoms with Crippen molar-refractivity contribution in [3.63, 3.8) is 0 Å². The maximum atomic E-state index is 12.2. The Morgan fingerprint density at radius 3 is 2.50 bits per heavy atom. The average Bonchev–Trinajstić information content (AvgIpc) is 3.06. The fourth-order valence-corrected chi connectivity index (χ4v) is 3.26. The highest BCUT2D eigenvalue weighted by Crippen LogP contribution is 2.23. The highest BCUT2D eigenvalue weighted by atomic mass is 32.1. The lowest BCUT2D eigenvalue weighted by Gasteiger charge is -2.07. The van der Waals surface area contributed by atoms with E-state index >= 15 is 0 Å². The molecule has 0 unspecified atom stereocenters. The molecule has 11 heteroatoms. The molecule has 3 N–H and O–H groups in total. The number of anilines is 1. The molecule has 0 radical (unpaired) electrons. The lowest BCUT2D eigenvalue weighted by Crippen LogP contribution is -2.27. The molecule has 2 amide bonds. The molecule has 1 heterocycles. The van der Waals surface area contributed by atoms with Crippen LogP contribution >= 0.6 is 11.3 Å². The predicted molar refractivity (Wildman–Crippen MR) is 108 cm³/mol. The number of carbonyl (C=O) groups is 4. The van der Waals surface area contributed by atoms with Crippen molar-refractivity contribution < 1.29 is 33.8 Å². The largest absolute Gasteiger partial charge is 0.508 e. The van der Waals surface area contributed by atoms with E-state index in [0.29, 0.717) is 10.6 Å². The summed E-state index contributed by atoms with van der Waals surface area (Å²) in [4.78, 5) is 52.1. The van der Waals surface area contributed by atoms with Crippen molar-refractivity contribution in [2.45, 2.75) is 20.3 Å². The minimum absolute atomic E-state index is 0.00295. The van der Waals surface area contributed by atoms with Crippen LogP contribution in [0.5, 0.6) is 5.75 Å². The second-order valence-corrected chi connectivity index (χ2v) is 6.97. The average molecular weight is 435 g/mol. The van der Waals surface area contributed by atoms with Gasteiger partial charge in [-0.2, -0.15) is 0 Å². The number of aromatic nitrogens is 1. The Morgan fingerprint density at radius 2 is 1.83 bits per heavy atom. The Balaban J connectivity index is 1.90. The molecule has 10 nitrogen and oxygen atoms in total. The molecule has 1 aromatic heterocycles. The number of phenolic OH excluding ortho intramolecular Hbond substituents is 1. The van der Waals surface area contributed by atoms with E-state index < -0.39 is 23.8 Å². The summed E-state index contributed by atoms with van der Waals surface area (Å²) in [5.74, 6) is -2.44. The van der Waals surface area contributed by atoms with E-state index in [2.05, 4.69) is 20.4 Å². The topological polar surface area (TPSA) is 144 Å². The van der Waals surface area contributed by atoms with Gasteiger partial charge in [0.2, 0.25) is 5.91 Å². The van der Waals surface area contributed by atoms with Crippen molar-refractivity contribution in [2.75, 3.05) is 25.6 Å². The molecule has 2 rings (SSSR count). The number of aromatic hydroxyl groups is 1. The lowest BCUT2D eigenvalue weighted by molar-refractivity contribution is -0.116. The molecule has 0 atom stereocenters. The number of benzene rings is 1. The van der Waals surface area contributed by atoms with Crippen LogP contribution in [-0.4, -0.2) is 54.1 Å². The number of rotatable bonds is 8.